The molecule has 0 aliphatic heterocycles. The molecule has 5 N–H and O–H groups in total. The van der Waals surface area contributed by atoms with E-state index >= 15 is 0 Å². The van der Waals surface area contributed by atoms with E-state index < -0.39 is 5.41 Å². The van der Waals surface area contributed by atoms with Gasteiger partial charge in [0.05, 0.1) is 16.4 Å². The molecule has 88 valence electrons. The number of nitrogens with one attached hydrogen (secondary N) is 3. The highest BCUT2D eigenvalue weighted by molar-refractivity contribution is 5.92. The van der Waals surface area contributed by atoms with E-state index in [1.807, 2.05) is 12.1 Å². The number of hydrazine groups is 1. The van der Waals surface area contributed by atoms with E-state index in [1.54, 1.807) is 6.07 Å². The van der Waals surface area contributed by atoms with Crippen LogP contribution in [0.4, 0.5) is 0 Å². The van der Waals surface area contributed by atoms with Crippen molar-refractivity contribution >= 4 is 16.9 Å². The van der Waals surface area contributed by atoms with Crippen LogP contribution in [0.15, 0.2) is 23.0 Å². The maximum atomic E-state index is 11.7. The third-order valence-corrected chi connectivity index (χ3v) is 3.38. The van der Waals surface area contributed by atoms with Gasteiger partial charge >= 0.3 is 5.69 Å². The Labute approximate surface area is 96.2 Å². The molecule has 6 heteroatoms. The molecule has 1 amide bonds. The van der Waals surface area contributed by atoms with Crippen LogP contribution in [-0.4, -0.2) is 15.9 Å². The van der Waals surface area contributed by atoms with Crippen molar-refractivity contribution in [3.8, 4) is 0 Å². The van der Waals surface area contributed by atoms with Crippen molar-refractivity contribution in [2.24, 2.45) is 5.84 Å². The van der Waals surface area contributed by atoms with Gasteiger partial charge in [-0.1, -0.05) is 6.07 Å². The fourth-order valence-corrected chi connectivity index (χ4v) is 2.24. The predicted molar refractivity (Wildman–Crippen MR) is 62.2 cm³/mol. The summed E-state index contributed by atoms with van der Waals surface area (Å²) in [7, 11) is 0. The van der Waals surface area contributed by atoms with E-state index in [-0.39, 0.29) is 11.6 Å². The number of amides is 1. The number of carbonyl (C=O) groups is 1. The van der Waals surface area contributed by atoms with E-state index in [4.69, 9.17) is 5.84 Å². The number of fused-ring (bicyclic) bond motifs is 1. The maximum absolute atomic E-state index is 11.7. The van der Waals surface area contributed by atoms with Crippen LogP contribution in [0.1, 0.15) is 18.4 Å². The highest BCUT2D eigenvalue weighted by Gasteiger charge is 2.51. The van der Waals surface area contributed by atoms with Crippen LogP contribution in [0.25, 0.3) is 11.0 Å². The number of hydrogen-bond donors (Lipinski definition) is 4. The Morgan fingerprint density at radius 2 is 2.00 bits per heavy atom. The standard InChI is InChI=1S/C11H12N4O2/c12-15-9(16)11(3-4-11)6-1-2-7-8(5-6)14-10(17)13-7/h1-2,5H,3-4,12H2,(H,15,16)(H2,13,14,17). The molecule has 0 bridgehead atoms. The summed E-state index contributed by atoms with van der Waals surface area (Å²) in [5.74, 6) is 5.02. The van der Waals surface area contributed by atoms with Gasteiger partial charge < -0.3 is 9.97 Å². The lowest BCUT2D eigenvalue weighted by atomic mass is 9.95. The molecule has 1 saturated carbocycles. The molecule has 1 aliphatic carbocycles. The van der Waals surface area contributed by atoms with Crippen molar-refractivity contribution in [1.29, 1.82) is 0 Å². The molecule has 0 saturated heterocycles. The first-order chi connectivity index (χ1) is 8.15. The van der Waals surface area contributed by atoms with Crippen molar-refractivity contribution in [3.63, 3.8) is 0 Å². The van der Waals surface area contributed by atoms with Crippen LogP contribution >= 0.6 is 0 Å². The van der Waals surface area contributed by atoms with Gasteiger partial charge in [-0.25, -0.2) is 10.6 Å². The first-order valence-corrected chi connectivity index (χ1v) is 5.39. The quantitative estimate of drug-likeness (QED) is 0.329. The summed E-state index contributed by atoms with van der Waals surface area (Å²) < 4.78 is 0. The van der Waals surface area contributed by atoms with Gasteiger partial charge in [0, 0.05) is 0 Å². The van der Waals surface area contributed by atoms with Gasteiger partial charge in [0.2, 0.25) is 5.91 Å². The molecule has 3 rings (SSSR count). The number of imidazole rings is 1. The Morgan fingerprint density at radius 1 is 1.29 bits per heavy atom. The lowest BCUT2D eigenvalue weighted by Gasteiger charge is -2.13. The van der Waals surface area contributed by atoms with Gasteiger partial charge in [-0.3, -0.25) is 10.2 Å². The van der Waals surface area contributed by atoms with Crippen LogP contribution in [0.5, 0.6) is 0 Å². The fraction of sp³-hybridized carbons (Fsp3) is 0.273. The molecule has 0 radical (unpaired) electrons. The lowest BCUT2D eigenvalue weighted by molar-refractivity contribution is -0.123. The van der Waals surface area contributed by atoms with Crippen LogP contribution in [0.2, 0.25) is 0 Å². The molecule has 1 aromatic carbocycles. The number of aromatic amines is 2. The van der Waals surface area contributed by atoms with Crippen LogP contribution < -0.4 is 17.0 Å². The Balaban J connectivity index is 2.12. The number of benzene rings is 1. The summed E-state index contributed by atoms with van der Waals surface area (Å²) in [6.45, 7) is 0. The topological polar surface area (TPSA) is 104 Å². The summed E-state index contributed by atoms with van der Waals surface area (Å²) in [4.78, 5) is 28.2. The Morgan fingerprint density at radius 3 is 2.65 bits per heavy atom. The lowest BCUT2D eigenvalue weighted by Crippen LogP contribution is -2.39. The summed E-state index contributed by atoms with van der Waals surface area (Å²) in [6.07, 6.45) is 1.58. The molecular formula is C11H12N4O2. The molecule has 0 atom stereocenters. The molecule has 2 aromatic rings. The molecule has 1 fully saturated rings. The summed E-state index contributed by atoms with van der Waals surface area (Å²) in [5, 5.41) is 0. The number of aromatic nitrogens is 2. The highest BCUT2D eigenvalue weighted by atomic mass is 16.2. The Bertz CT molecular complexity index is 651. The molecule has 0 spiro atoms. The van der Waals surface area contributed by atoms with E-state index in [0.717, 1.165) is 23.9 Å². The normalized spacial score (nSPS) is 17.0. The minimum absolute atomic E-state index is 0.172. The molecule has 6 nitrogen and oxygen atoms in total. The summed E-state index contributed by atoms with van der Waals surface area (Å²) in [5.41, 5.74) is 3.79. The van der Waals surface area contributed by atoms with Crippen molar-refractivity contribution < 1.29 is 4.79 Å². The van der Waals surface area contributed by atoms with Gasteiger partial charge in [-0.05, 0) is 30.5 Å². The van der Waals surface area contributed by atoms with E-state index in [1.165, 1.54) is 0 Å². The Hall–Kier alpha value is -2.08. The van der Waals surface area contributed by atoms with Crippen LogP contribution in [0, 0.1) is 0 Å². The first-order valence-electron chi connectivity index (χ1n) is 5.39. The number of hydrogen-bond acceptors (Lipinski definition) is 3. The number of nitrogens with two attached hydrogens (primary N) is 1. The second kappa shape index (κ2) is 3.21. The molecule has 1 aromatic heterocycles. The van der Waals surface area contributed by atoms with Gasteiger partial charge in [-0.15, -0.1) is 0 Å². The Kier molecular flexibility index (Phi) is 1.90. The second-order valence-corrected chi connectivity index (χ2v) is 4.40. The molecule has 17 heavy (non-hydrogen) atoms. The summed E-state index contributed by atoms with van der Waals surface area (Å²) >= 11 is 0. The molecule has 1 aliphatic rings. The second-order valence-electron chi connectivity index (χ2n) is 4.40. The van der Waals surface area contributed by atoms with Crippen molar-refractivity contribution in [2.45, 2.75) is 18.3 Å². The van der Waals surface area contributed by atoms with Gasteiger partial charge in [0.25, 0.3) is 0 Å². The minimum atomic E-state index is -0.503. The van der Waals surface area contributed by atoms with Gasteiger partial charge in [0.1, 0.15) is 0 Å². The molecule has 1 heterocycles. The average Bonchev–Trinajstić information content (AvgIpc) is 3.04. The van der Waals surface area contributed by atoms with Gasteiger partial charge in [0.15, 0.2) is 0 Å². The molecular weight excluding hydrogens is 220 g/mol. The zero-order chi connectivity index (χ0) is 12.0. The van der Waals surface area contributed by atoms with Crippen molar-refractivity contribution in [2.75, 3.05) is 0 Å². The monoisotopic (exact) mass is 232 g/mol. The van der Waals surface area contributed by atoms with E-state index in [2.05, 4.69) is 15.4 Å². The van der Waals surface area contributed by atoms with Crippen molar-refractivity contribution in [3.05, 3.63) is 34.2 Å². The van der Waals surface area contributed by atoms with Crippen LogP contribution in [-0.2, 0) is 10.2 Å². The first kappa shape index (κ1) is 10.1. The van der Waals surface area contributed by atoms with E-state index in [0.29, 0.717) is 5.52 Å². The van der Waals surface area contributed by atoms with E-state index in [9.17, 15) is 9.59 Å². The SMILES string of the molecule is NNC(=O)C1(c2ccc3[nH]c(=O)[nH]c3c2)CC1. The number of rotatable bonds is 2. The zero-order valence-electron chi connectivity index (χ0n) is 9.04. The average molecular weight is 232 g/mol. The number of carbonyl (C=O) groups excluding carboxylic acids is 1. The van der Waals surface area contributed by atoms with Gasteiger partial charge in [-0.2, -0.15) is 0 Å². The highest BCUT2D eigenvalue weighted by Crippen LogP contribution is 2.48. The largest absolute Gasteiger partial charge is 0.323 e. The smallest absolute Gasteiger partial charge is 0.306 e. The minimum Gasteiger partial charge on any atom is -0.306 e. The fourth-order valence-electron chi connectivity index (χ4n) is 2.24. The third-order valence-electron chi connectivity index (χ3n) is 3.38. The third kappa shape index (κ3) is 1.38. The maximum Gasteiger partial charge on any atom is 0.323 e. The zero-order valence-corrected chi connectivity index (χ0v) is 9.04. The van der Waals surface area contributed by atoms with Crippen molar-refractivity contribution in [1.82, 2.24) is 15.4 Å². The number of H-pyrrole nitrogens is 2. The summed E-state index contributed by atoms with van der Waals surface area (Å²) in [6, 6.07) is 5.48. The predicted octanol–water partition coefficient (Wildman–Crippen LogP) is -0.122. The van der Waals surface area contributed by atoms with Crippen LogP contribution in [0.3, 0.4) is 0 Å². The molecule has 0 unspecified atom stereocenters.